The van der Waals surface area contributed by atoms with Gasteiger partial charge in [-0.15, -0.1) is 0 Å². The Kier molecular flexibility index (Phi) is 12.6. The van der Waals surface area contributed by atoms with Crippen LogP contribution in [0.3, 0.4) is 0 Å². The van der Waals surface area contributed by atoms with Crippen LogP contribution >= 0.6 is 0 Å². The molecule has 0 spiro atoms. The molecule has 2 aromatic rings. The van der Waals surface area contributed by atoms with Gasteiger partial charge in [0.2, 0.25) is 0 Å². The van der Waals surface area contributed by atoms with E-state index in [1.54, 1.807) is 11.6 Å². The van der Waals surface area contributed by atoms with Crippen molar-refractivity contribution in [3.05, 3.63) is 26.7 Å². The van der Waals surface area contributed by atoms with Gasteiger partial charge in [0.25, 0.3) is 5.56 Å². The number of aromatic amines is 1. The third-order valence-electron chi connectivity index (χ3n) is 6.77. The molecule has 2 aromatic heterocycles. The van der Waals surface area contributed by atoms with E-state index >= 15 is 0 Å². The average Bonchev–Trinajstić information content (AvgIpc) is 3.15. The van der Waals surface area contributed by atoms with Gasteiger partial charge in [0.1, 0.15) is 5.82 Å². The van der Waals surface area contributed by atoms with Gasteiger partial charge in [-0.1, -0.05) is 52.4 Å². The predicted octanol–water partition coefficient (Wildman–Crippen LogP) is 2.31. The zero-order chi connectivity index (χ0) is 24.9. The van der Waals surface area contributed by atoms with Gasteiger partial charge in [-0.05, 0) is 45.4 Å². The Bertz CT molecular complexity index is 960. The number of aryl methyl sites for hydroxylation is 3. The number of unbranched alkanes of at least 4 members (excludes halogenated alkanes) is 6. The summed E-state index contributed by atoms with van der Waals surface area (Å²) in [6, 6.07) is 0. The zero-order valence-corrected chi connectivity index (χ0v) is 21.7. The summed E-state index contributed by atoms with van der Waals surface area (Å²) >= 11 is 0. The first kappa shape index (κ1) is 28.3. The third kappa shape index (κ3) is 8.67. The Morgan fingerprint density at radius 2 is 1.62 bits per heavy atom. The van der Waals surface area contributed by atoms with Gasteiger partial charge in [-0.25, -0.2) is 9.78 Å². The van der Waals surface area contributed by atoms with Crippen LogP contribution in [0.15, 0.2) is 9.59 Å². The highest BCUT2D eigenvalue weighted by Gasteiger charge is 2.14. The molecule has 3 N–H and O–H groups in total. The van der Waals surface area contributed by atoms with Gasteiger partial charge in [-0.2, -0.15) is 0 Å². The van der Waals surface area contributed by atoms with E-state index in [-0.39, 0.29) is 11.7 Å². The fourth-order valence-electron chi connectivity index (χ4n) is 4.46. The molecule has 1 unspecified atom stereocenters. The van der Waals surface area contributed by atoms with Crippen molar-refractivity contribution in [2.24, 2.45) is 14.1 Å². The molecule has 0 saturated heterocycles. The van der Waals surface area contributed by atoms with Crippen LogP contribution in [0.1, 0.15) is 77.5 Å². The van der Waals surface area contributed by atoms with E-state index in [2.05, 4.69) is 34.0 Å². The molecule has 1 atom stereocenters. The predicted molar refractivity (Wildman–Crippen MR) is 138 cm³/mol. The smallest absolute Gasteiger partial charge is 0.329 e. The van der Waals surface area contributed by atoms with Crippen molar-refractivity contribution < 1.29 is 5.11 Å². The number of H-pyrrole nitrogens is 1. The standard InChI is InChI=1S/C25H46N6O3/c1-5-31(6-2)18-14-17-26-19-20(32)15-12-10-8-7-9-11-13-16-21-27-23-22(29(21)3)24(33)28-25(34)30(23)4/h20,26,32H,5-19H2,1-4H3,(H,28,33,34). The van der Waals surface area contributed by atoms with Crippen molar-refractivity contribution in [2.45, 2.75) is 84.2 Å². The van der Waals surface area contributed by atoms with Crippen LogP contribution in [-0.2, 0) is 20.5 Å². The molecule has 194 valence electrons. The molecule has 9 nitrogen and oxygen atoms in total. The number of imidazole rings is 1. The minimum absolute atomic E-state index is 0.242. The number of rotatable bonds is 18. The fourth-order valence-corrected chi connectivity index (χ4v) is 4.46. The summed E-state index contributed by atoms with van der Waals surface area (Å²) in [5, 5.41) is 13.5. The number of aliphatic hydroxyl groups is 1. The van der Waals surface area contributed by atoms with Crippen LogP contribution in [0.4, 0.5) is 0 Å². The third-order valence-corrected chi connectivity index (χ3v) is 6.77. The molecule has 0 saturated carbocycles. The highest BCUT2D eigenvalue weighted by Crippen LogP contribution is 2.14. The van der Waals surface area contributed by atoms with Crippen molar-refractivity contribution in [1.82, 2.24) is 29.3 Å². The highest BCUT2D eigenvalue weighted by molar-refractivity contribution is 5.70. The summed E-state index contributed by atoms with van der Waals surface area (Å²) in [5.74, 6) is 0.845. The van der Waals surface area contributed by atoms with Gasteiger partial charge in [-0.3, -0.25) is 14.3 Å². The lowest BCUT2D eigenvalue weighted by atomic mass is 10.1. The van der Waals surface area contributed by atoms with E-state index in [0.29, 0.717) is 17.7 Å². The quantitative estimate of drug-likeness (QED) is 0.284. The van der Waals surface area contributed by atoms with Gasteiger partial charge >= 0.3 is 5.69 Å². The van der Waals surface area contributed by atoms with Crippen molar-refractivity contribution in [3.8, 4) is 0 Å². The Balaban J connectivity index is 1.51. The molecular weight excluding hydrogens is 432 g/mol. The minimum Gasteiger partial charge on any atom is -0.392 e. The minimum atomic E-state index is -0.434. The van der Waals surface area contributed by atoms with Crippen molar-refractivity contribution in [3.63, 3.8) is 0 Å². The topological polar surface area (TPSA) is 108 Å². The number of aliphatic hydroxyl groups excluding tert-OH is 1. The van der Waals surface area contributed by atoms with Gasteiger partial charge in [0.15, 0.2) is 11.2 Å². The molecule has 0 amide bonds. The summed E-state index contributed by atoms with van der Waals surface area (Å²) in [5.41, 5.74) is 0.0877. The van der Waals surface area contributed by atoms with Gasteiger partial charge in [0, 0.05) is 27.1 Å². The Labute approximate surface area is 203 Å². The maximum absolute atomic E-state index is 12.1. The largest absolute Gasteiger partial charge is 0.392 e. The van der Waals surface area contributed by atoms with E-state index < -0.39 is 5.69 Å². The normalized spacial score (nSPS) is 12.8. The molecule has 34 heavy (non-hydrogen) atoms. The number of fused-ring (bicyclic) bond motifs is 1. The lowest BCUT2D eigenvalue weighted by Crippen LogP contribution is -2.31. The Hall–Kier alpha value is -1.97. The van der Waals surface area contributed by atoms with Crippen LogP contribution in [0.25, 0.3) is 11.2 Å². The SMILES string of the molecule is CCN(CC)CCCNCC(O)CCCCCCCCCc1nc2c(c(=O)[nH]c(=O)n2C)n1C. The number of hydrogen-bond donors (Lipinski definition) is 3. The first-order chi connectivity index (χ1) is 16.4. The monoisotopic (exact) mass is 478 g/mol. The molecule has 0 aliphatic carbocycles. The molecule has 9 heteroatoms. The van der Waals surface area contributed by atoms with Crippen LogP contribution in [0.2, 0.25) is 0 Å². The van der Waals surface area contributed by atoms with Crippen LogP contribution in [-0.4, -0.2) is 67.9 Å². The molecular formula is C25H46N6O3. The van der Waals surface area contributed by atoms with E-state index in [4.69, 9.17) is 0 Å². The molecule has 0 aliphatic heterocycles. The number of nitrogens with zero attached hydrogens (tertiary/aromatic N) is 4. The second-order valence-electron chi connectivity index (χ2n) is 9.33. The van der Waals surface area contributed by atoms with Crippen molar-refractivity contribution >= 4 is 11.2 Å². The van der Waals surface area contributed by atoms with E-state index in [1.165, 1.54) is 30.3 Å². The Morgan fingerprint density at radius 1 is 0.971 bits per heavy atom. The molecule has 0 bridgehead atoms. The Morgan fingerprint density at radius 3 is 2.29 bits per heavy atom. The highest BCUT2D eigenvalue weighted by atomic mass is 16.3. The van der Waals surface area contributed by atoms with Crippen molar-refractivity contribution in [1.29, 1.82) is 0 Å². The second-order valence-corrected chi connectivity index (χ2v) is 9.33. The zero-order valence-electron chi connectivity index (χ0n) is 21.7. The maximum atomic E-state index is 12.1. The number of aromatic nitrogens is 4. The van der Waals surface area contributed by atoms with E-state index in [9.17, 15) is 14.7 Å². The summed E-state index contributed by atoms with van der Waals surface area (Å²) < 4.78 is 3.19. The summed E-state index contributed by atoms with van der Waals surface area (Å²) in [6.45, 7) is 9.38. The lowest BCUT2D eigenvalue weighted by molar-refractivity contribution is 0.157. The van der Waals surface area contributed by atoms with Crippen LogP contribution in [0.5, 0.6) is 0 Å². The van der Waals surface area contributed by atoms with Gasteiger partial charge < -0.3 is 19.9 Å². The summed E-state index contributed by atoms with van der Waals surface area (Å²) in [6.07, 6.45) is 10.5. The molecule has 0 radical (unpaired) electrons. The van der Waals surface area contributed by atoms with E-state index in [0.717, 1.165) is 70.5 Å². The fraction of sp³-hybridized carbons (Fsp3) is 0.800. The van der Waals surface area contributed by atoms with Crippen LogP contribution < -0.4 is 16.6 Å². The first-order valence-corrected chi connectivity index (χ1v) is 13.1. The average molecular weight is 479 g/mol. The van der Waals surface area contributed by atoms with Crippen molar-refractivity contribution in [2.75, 3.05) is 32.7 Å². The molecule has 0 fully saturated rings. The molecule has 2 rings (SSSR count). The van der Waals surface area contributed by atoms with Crippen LogP contribution in [0, 0.1) is 0 Å². The maximum Gasteiger partial charge on any atom is 0.329 e. The summed E-state index contributed by atoms with van der Waals surface area (Å²) in [4.78, 5) is 33.2. The molecule has 0 aliphatic rings. The number of hydrogen-bond acceptors (Lipinski definition) is 6. The summed E-state index contributed by atoms with van der Waals surface area (Å²) in [7, 11) is 3.46. The first-order valence-electron chi connectivity index (χ1n) is 13.1. The van der Waals surface area contributed by atoms with Gasteiger partial charge in [0.05, 0.1) is 6.10 Å². The number of nitrogens with one attached hydrogen (secondary N) is 2. The molecule has 0 aromatic carbocycles. The second kappa shape index (κ2) is 15.1. The lowest BCUT2D eigenvalue weighted by Gasteiger charge is -2.18. The molecule has 2 heterocycles. The van der Waals surface area contributed by atoms with E-state index in [1.807, 2.05) is 7.05 Å².